The molecular weight excluding hydrogens is 526 g/mol. The third-order valence-corrected chi connectivity index (χ3v) is 28.9. The van der Waals surface area contributed by atoms with Gasteiger partial charge in [-0.2, -0.15) is 0 Å². The molecule has 5 heteroatoms. The van der Waals surface area contributed by atoms with Gasteiger partial charge in [-0.15, -0.1) is 0 Å². The van der Waals surface area contributed by atoms with Crippen molar-refractivity contribution >= 4 is 39.8 Å². The van der Waals surface area contributed by atoms with Gasteiger partial charge in [-0.25, -0.2) is 0 Å². The quantitative estimate of drug-likeness (QED) is 0.128. The van der Waals surface area contributed by atoms with Crippen LogP contribution in [0.5, 0.6) is 0 Å². The predicted molar refractivity (Wildman–Crippen MR) is 115 cm³/mol. The average molecular weight is 572 g/mol. The molecule has 0 aliphatic heterocycles. The summed E-state index contributed by atoms with van der Waals surface area (Å²) in [6, 6.07) is 0. The summed E-state index contributed by atoms with van der Waals surface area (Å²) in [6.45, 7) is 6.34. The minimum absolute atomic E-state index is 0.894. The monoisotopic (exact) mass is 574 g/mol. The van der Waals surface area contributed by atoms with Crippen LogP contribution in [0.2, 0.25) is 14.8 Å². The van der Waals surface area contributed by atoms with Crippen LogP contribution < -0.4 is 0 Å². The van der Waals surface area contributed by atoms with Crippen molar-refractivity contribution in [1.82, 2.24) is 0 Å². The van der Waals surface area contributed by atoms with E-state index >= 15 is 0 Å². The van der Waals surface area contributed by atoms with Crippen molar-refractivity contribution in [3.63, 3.8) is 0 Å². The van der Waals surface area contributed by atoms with E-state index in [4.69, 9.17) is 7.56 Å². The molecule has 25 heavy (non-hydrogen) atoms. The Hall–Kier alpha value is 1.48. The van der Waals surface area contributed by atoms with Gasteiger partial charge in [-0.3, -0.25) is 0 Å². The van der Waals surface area contributed by atoms with Gasteiger partial charge in [0.05, 0.1) is 0 Å². The summed E-state index contributed by atoms with van der Waals surface area (Å²) in [7, 11) is 0. The molecule has 1 atom stereocenters. The molecule has 0 spiro atoms. The van der Waals surface area contributed by atoms with Crippen molar-refractivity contribution in [2.24, 2.45) is 0 Å². The Bertz CT molecular complexity index is 276. The summed E-state index contributed by atoms with van der Waals surface area (Å²) in [4.78, 5) is 6.72. The van der Waals surface area contributed by atoms with E-state index in [1.165, 1.54) is 83.5 Å². The normalized spacial score (nSPS) is 13.3. The molecule has 0 saturated carbocycles. The van der Waals surface area contributed by atoms with Crippen LogP contribution in [0.1, 0.15) is 97.3 Å². The minimum atomic E-state index is -2.73. The fourth-order valence-electron chi connectivity index (χ4n) is 2.98. The van der Waals surface area contributed by atoms with Crippen LogP contribution in [0.25, 0.3) is 0 Å². The zero-order valence-electron chi connectivity index (χ0n) is 17.9. The summed E-state index contributed by atoms with van der Waals surface area (Å²) in [5.41, 5.74) is 0. The van der Waals surface area contributed by atoms with Gasteiger partial charge < -0.3 is 0 Å². The molecule has 0 aliphatic rings. The first-order valence-electron chi connectivity index (χ1n) is 10.9. The Balaban J connectivity index is 3.52. The van der Waals surface area contributed by atoms with Crippen molar-refractivity contribution in [2.75, 3.05) is 13.2 Å². The Morgan fingerprint density at radius 3 is 1.60 bits per heavy atom. The summed E-state index contributed by atoms with van der Waals surface area (Å²) < 4.78 is 18.5. The fraction of sp³-hybridized carbons (Fsp3) is 1.00. The molecule has 0 aromatic carbocycles. The van der Waals surface area contributed by atoms with Crippen molar-refractivity contribution in [1.29, 1.82) is 0 Å². The molecule has 0 aromatic heterocycles. The summed E-state index contributed by atoms with van der Waals surface area (Å²) in [5.74, 6) is 0. The second kappa shape index (κ2) is 18.8. The summed E-state index contributed by atoms with van der Waals surface area (Å²) in [6.07, 6.45) is 17.3. The molecule has 3 nitrogen and oxygen atoms in total. The fourth-order valence-corrected chi connectivity index (χ4v) is 26.8. The third kappa shape index (κ3) is 20.0. The van der Waals surface area contributed by atoms with Crippen molar-refractivity contribution in [2.45, 2.75) is 112 Å². The van der Waals surface area contributed by atoms with Crippen LogP contribution in [0, 0.1) is 0 Å². The van der Waals surface area contributed by atoms with E-state index in [0.29, 0.717) is 0 Å². The van der Waals surface area contributed by atoms with Gasteiger partial charge in [-0.1, -0.05) is 0 Å². The molecule has 0 radical (unpaired) electrons. The molecule has 0 amide bonds. The summed E-state index contributed by atoms with van der Waals surface area (Å²) >= 11 is -4.94. The van der Waals surface area contributed by atoms with E-state index in [9.17, 15) is 0 Å². The molecule has 0 fully saturated rings. The van der Waals surface area contributed by atoms with E-state index in [1.54, 1.807) is 0 Å². The van der Waals surface area contributed by atoms with Gasteiger partial charge >= 0.3 is 173 Å². The van der Waals surface area contributed by atoms with Crippen molar-refractivity contribution < 1.29 is 7.56 Å². The van der Waals surface area contributed by atoms with E-state index in [-0.39, 0.29) is 0 Å². The maximum absolute atomic E-state index is 6.32. The zero-order valence-corrected chi connectivity index (χ0v) is 24.1. The molecule has 1 unspecified atom stereocenters. The van der Waals surface area contributed by atoms with Crippen LogP contribution in [-0.2, 0) is 7.56 Å². The Morgan fingerprint density at radius 2 is 1.08 bits per heavy atom. The SMILES string of the molecule is CCCCCCCCC[O][SnH]([CH3])[O][Sn]([CH3])([CH3])[O]CCCCCCCC. The third-order valence-electron chi connectivity index (χ3n) is 4.50. The predicted octanol–water partition coefficient (Wildman–Crippen LogP) is 6.70. The van der Waals surface area contributed by atoms with Gasteiger partial charge in [-0.05, 0) is 0 Å². The first kappa shape index (κ1) is 26.5. The van der Waals surface area contributed by atoms with Gasteiger partial charge in [0, 0.05) is 0 Å². The number of rotatable bonds is 19. The van der Waals surface area contributed by atoms with Gasteiger partial charge in [0.2, 0.25) is 0 Å². The molecule has 0 saturated heterocycles. The van der Waals surface area contributed by atoms with Gasteiger partial charge in [0.15, 0.2) is 0 Å². The Labute approximate surface area is 171 Å². The number of unbranched alkanes of at least 4 members (excludes halogenated alkanes) is 11. The van der Waals surface area contributed by atoms with E-state index in [0.717, 1.165) is 13.2 Å². The van der Waals surface area contributed by atoms with E-state index in [2.05, 4.69) is 28.7 Å². The zero-order chi connectivity index (χ0) is 18.8. The van der Waals surface area contributed by atoms with Crippen LogP contribution in [0.4, 0.5) is 0 Å². The van der Waals surface area contributed by atoms with Gasteiger partial charge in [0.1, 0.15) is 0 Å². The molecule has 0 rings (SSSR count). The van der Waals surface area contributed by atoms with Crippen LogP contribution in [0.3, 0.4) is 0 Å². The molecule has 0 aliphatic carbocycles. The second-order valence-electron chi connectivity index (χ2n) is 7.69. The standard InChI is InChI=1S/C9H19O.C8H17O.3CH3.O.2Sn.H/c1-2-3-4-5-6-7-8-9-10;1-2-3-4-5-6-7-8-9;;;;;;;/h2-9H2,1H3;2-8H2,1H3;3*1H3;;;;/q2*-1;;;;;2*+1;. The molecule has 0 heterocycles. The maximum atomic E-state index is 6.32. The molecular formula is C20H46O3Sn2. The molecule has 152 valence electrons. The topological polar surface area (TPSA) is 27.7 Å². The first-order chi connectivity index (χ1) is 12.0. The van der Waals surface area contributed by atoms with Crippen LogP contribution in [0.15, 0.2) is 0 Å². The number of hydrogen-bond donors (Lipinski definition) is 0. The first-order valence-corrected chi connectivity index (χ1v) is 25.0. The van der Waals surface area contributed by atoms with E-state index in [1.807, 2.05) is 0 Å². The molecule has 0 aromatic rings. The van der Waals surface area contributed by atoms with Crippen LogP contribution >= 0.6 is 0 Å². The second-order valence-corrected chi connectivity index (χ2v) is 25.9. The van der Waals surface area contributed by atoms with Crippen LogP contribution in [-0.4, -0.2) is 53.0 Å². The van der Waals surface area contributed by atoms with Crippen molar-refractivity contribution in [3.8, 4) is 0 Å². The Kier molecular flexibility index (Phi) is 19.9. The molecule has 0 N–H and O–H groups in total. The summed E-state index contributed by atoms with van der Waals surface area (Å²) in [5, 5.41) is 0. The molecule has 0 bridgehead atoms. The Morgan fingerprint density at radius 1 is 0.640 bits per heavy atom. The van der Waals surface area contributed by atoms with E-state index < -0.39 is 39.8 Å². The number of hydrogen-bond acceptors (Lipinski definition) is 3. The average Bonchev–Trinajstić information content (AvgIpc) is 2.56. The van der Waals surface area contributed by atoms with Crippen molar-refractivity contribution in [3.05, 3.63) is 0 Å². The van der Waals surface area contributed by atoms with Gasteiger partial charge in [0.25, 0.3) is 0 Å².